The number of carbonyl (C=O) groups is 1. The summed E-state index contributed by atoms with van der Waals surface area (Å²) in [5, 5.41) is 12.1. The summed E-state index contributed by atoms with van der Waals surface area (Å²) in [6, 6.07) is 11.9. The molecule has 18 heavy (non-hydrogen) atoms. The number of carbonyl (C=O) groups excluding carboxylic acids is 1. The molecule has 2 atom stereocenters. The lowest BCUT2D eigenvalue weighted by Gasteiger charge is -2.24. The maximum absolute atomic E-state index is 12.1. The summed E-state index contributed by atoms with van der Waals surface area (Å²) < 4.78 is 0. The number of hydrogen-bond donors (Lipinski definition) is 1. The van der Waals surface area contributed by atoms with E-state index in [1.807, 2.05) is 44.2 Å². The van der Waals surface area contributed by atoms with Gasteiger partial charge in [0.15, 0.2) is 0 Å². The van der Waals surface area contributed by atoms with Crippen molar-refractivity contribution in [3.63, 3.8) is 0 Å². The van der Waals surface area contributed by atoms with E-state index in [4.69, 9.17) is 5.26 Å². The quantitative estimate of drug-likeness (QED) is 0.864. The van der Waals surface area contributed by atoms with E-state index in [2.05, 4.69) is 11.4 Å². The van der Waals surface area contributed by atoms with Crippen LogP contribution in [-0.4, -0.2) is 5.91 Å². The second kappa shape index (κ2) is 6.20. The number of benzene rings is 1. The number of rotatable bonds is 5. The third-order valence-corrected chi connectivity index (χ3v) is 3.37. The number of nitriles is 1. The Hall–Kier alpha value is -1.82. The van der Waals surface area contributed by atoms with Crippen LogP contribution in [0.2, 0.25) is 0 Å². The minimum absolute atomic E-state index is 0.0297. The molecule has 0 aliphatic carbocycles. The molecule has 0 aliphatic rings. The standard InChI is InChI=1S/C15H20N2O/c1-4-13(12-9-7-6-8-10-12)17-14(18)15(3,5-2)11-16/h6-10,13H,4-5H2,1-3H3,(H,17,18). The Kier molecular flexibility index (Phi) is 4.91. The van der Waals surface area contributed by atoms with Crippen molar-refractivity contribution in [1.29, 1.82) is 5.26 Å². The summed E-state index contributed by atoms with van der Waals surface area (Å²) in [4.78, 5) is 12.1. The van der Waals surface area contributed by atoms with Crippen LogP contribution in [0.3, 0.4) is 0 Å². The predicted octanol–water partition coefficient (Wildman–Crippen LogP) is 3.19. The van der Waals surface area contributed by atoms with E-state index in [0.29, 0.717) is 6.42 Å². The van der Waals surface area contributed by atoms with Crippen LogP contribution in [0.4, 0.5) is 0 Å². The van der Waals surface area contributed by atoms with Crippen molar-refractivity contribution in [2.75, 3.05) is 0 Å². The largest absolute Gasteiger partial charge is 0.348 e. The molecular formula is C15H20N2O. The summed E-state index contributed by atoms with van der Waals surface area (Å²) in [7, 11) is 0. The Morgan fingerprint density at radius 2 is 2.00 bits per heavy atom. The molecule has 2 unspecified atom stereocenters. The Bertz CT molecular complexity index is 436. The fraction of sp³-hybridized carbons (Fsp3) is 0.467. The van der Waals surface area contributed by atoms with Crippen LogP contribution in [0.15, 0.2) is 30.3 Å². The van der Waals surface area contributed by atoms with E-state index < -0.39 is 5.41 Å². The van der Waals surface area contributed by atoms with Crippen LogP contribution in [0.5, 0.6) is 0 Å². The molecule has 1 aromatic rings. The van der Waals surface area contributed by atoms with Crippen molar-refractivity contribution >= 4 is 5.91 Å². The Balaban J connectivity index is 2.83. The van der Waals surface area contributed by atoms with Gasteiger partial charge in [0, 0.05) is 0 Å². The highest BCUT2D eigenvalue weighted by atomic mass is 16.2. The number of hydrogen-bond acceptors (Lipinski definition) is 2. The molecule has 96 valence electrons. The number of amides is 1. The highest BCUT2D eigenvalue weighted by Gasteiger charge is 2.32. The molecule has 0 aliphatic heterocycles. The van der Waals surface area contributed by atoms with Gasteiger partial charge in [-0.2, -0.15) is 5.26 Å². The van der Waals surface area contributed by atoms with Crippen molar-refractivity contribution in [2.24, 2.45) is 5.41 Å². The first-order valence-corrected chi connectivity index (χ1v) is 6.34. The fourth-order valence-corrected chi connectivity index (χ4v) is 1.71. The topological polar surface area (TPSA) is 52.9 Å². The van der Waals surface area contributed by atoms with E-state index in [1.54, 1.807) is 6.92 Å². The highest BCUT2D eigenvalue weighted by Crippen LogP contribution is 2.23. The third-order valence-electron chi connectivity index (χ3n) is 3.37. The predicted molar refractivity (Wildman–Crippen MR) is 71.6 cm³/mol. The lowest BCUT2D eigenvalue weighted by molar-refractivity contribution is -0.128. The summed E-state index contributed by atoms with van der Waals surface area (Å²) in [5.74, 6) is -0.191. The van der Waals surface area contributed by atoms with Gasteiger partial charge in [-0.1, -0.05) is 44.2 Å². The van der Waals surface area contributed by atoms with E-state index >= 15 is 0 Å². The molecule has 3 nitrogen and oxygen atoms in total. The summed E-state index contributed by atoms with van der Waals surface area (Å²) in [6.45, 7) is 5.56. The molecule has 1 N–H and O–H groups in total. The molecule has 0 bridgehead atoms. The van der Waals surface area contributed by atoms with E-state index in [0.717, 1.165) is 12.0 Å². The molecule has 1 rings (SSSR count). The Morgan fingerprint density at radius 1 is 1.39 bits per heavy atom. The minimum atomic E-state index is -0.942. The van der Waals surface area contributed by atoms with Gasteiger partial charge >= 0.3 is 0 Å². The Labute approximate surface area is 109 Å². The van der Waals surface area contributed by atoms with Gasteiger partial charge in [-0.25, -0.2) is 0 Å². The zero-order valence-electron chi connectivity index (χ0n) is 11.2. The maximum Gasteiger partial charge on any atom is 0.240 e. The van der Waals surface area contributed by atoms with Crippen molar-refractivity contribution in [3.8, 4) is 6.07 Å². The number of nitrogens with zero attached hydrogens (tertiary/aromatic N) is 1. The molecule has 1 amide bonds. The molecule has 0 aromatic heterocycles. The minimum Gasteiger partial charge on any atom is -0.348 e. The molecule has 0 heterocycles. The van der Waals surface area contributed by atoms with Gasteiger partial charge in [0.05, 0.1) is 12.1 Å². The van der Waals surface area contributed by atoms with Gasteiger partial charge in [0.25, 0.3) is 0 Å². The van der Waals surface area contributed by atoms with Gasteiger partial charge < -0.3 is 5.32 Å². The summed E-state index contributed by atoms with van der Waals surface area (Å²) >= 11 is 0. The van der Waals surface area contributed by atoms with Crippen LogP contribution < -0.4 is 5.32 Å². The molecule has 0 radical (unpaired) electrons. The average Bonchev–Trinajstić information content (AvgIpc) is 2.44. The van der Waals surface area contributed by atoms with Crippen molar-refractivity contribution in [2.45, 2.75) is 39.7 Å². The highest BCUT2D eigenvalue weighted by molar-refractivity contribution is 5.85. The van der Waals surface area contributed by atoms with Crippen LogP contribution in [0.25, 0.3) is 0 Å². The van der Waals surface area contributed by atoms with E-state index in [9.17, 15) is 4.79 Å². The van der Waals surface area contributed by atoms with Gasteiger partial charge in [0.2, 0.25) is 5.91 Å². The molecular weight excluding hydrogens is 224 g/mol. The molecule has 3 heteroatoms. The summed E-state index contributed by atoms with van der Waals surface area (Å²) in [5.41, 5.74) is 0.132. The fourth-order valence-electron chi connectivity index (χ4n) is 1.71. The molecule has 0 fully saturated rings. The Morgan fingerprint density at radius 3 is 2.44 bits per heavy atom. The molecule has 0 spiro atoms. The monoisotopic (exact) mass is 244 g/mol. The van der Waals surface area contributed by atoms with E-state index in [-0.39, 0.29) is 11.9 Å². The lowest BCUT2D eigenvalue weighted by atomic mass is 9.87. The first-order valence-electron chi connectivity index (χ1n) is 6.34. The number of nitrogens with one attached hydrogen (secondary N) is 1. The van der Waals surface area contributed by atoms with Gasteiger partial charge in [-0.3, -0.25) is 4.79 Å². The van der Waals surface area contributed by atoms with Crippen molar-refractivity contribution < 1.29 is 4.79 Å². The summed E-state index contributed by atoms with van der Waals surface area (Å²) in [6.07, 6.45) is 1.32. The van der Waals surface area contributed by atoms with Gasteiger partial charge in [-0.15, -0.1) is 0 Å². The zero-order chi connectivity index (χ0) is 13.6. The maximum atomic E-state index is 12.1. The van der Waals surface area contributed by atoms with Crippen LogP contribution in [0.1, 0.15) is 45.2 Å². The lowest BCUT2D eigenvalue weighted by Crippen LogP contribution is -2.39. The first-order chi connectivity index (χ1) is 8.57. The van der Waals surface area contributed by atoms with Crippen LogP contribution >= 0.6 is 0 Å². The van der Waals surface area contributed by atoms with E-state index in [1.165, 1.54) is 0 Å². The molecule has 1 aromatic carbocycles. The van der Waals surface area contributed by atoms with Crippen molar-refractivity contribution in [3.05, 3.63) is 35.9 Å². The van der Waals surface area contributed by atoms with Crippen LogP contribution in [0, 0.1) is 16.7 Å². The van der Waals surface area contributed by atoms with Gasteiger partial charge in [-0.05, 0) is 25.3 Å². The second-order valence-electron chi connectivity index (χ2n) is 4.64. The normalized spacial score (nSPS) is 15.2. The van der Waals surface area contributed by atoms with Crippen molar-refractivity contribution in [1.82, 2.24) is 5.32 Å². The smallest absolute Gasteiger partial charge is 0.240 e. The third kappa shape index (κ3) is 3.10. The molecule has 0 saturated heterocycles. The van der Waals surface area contributed by atoms with Gasteiger partial charge in [0.1, 0.15) is 5.41 Å². The molecule has 0 saturated carbocycles. The zero-order valence-corrected chi connectivity index (χ0v) is 11.2. The second-order valence-corrected chi connectivity index (χ2v) is 4.64. The first kappa shape index (κ1) is 14.2. The SMILES string of the molecule is CCC(NC(=O)C(C)(C#N)CC)c1ccccc1. The average molecular weight is 244 g/mol. The van der Waals surface area contributed by atoms with Crippen LogP contribution in [-0.2, 0) is 4.79 Å².